The van der Waals surface area contributed by atoms with E-state index in [0.29, 0.717) is 18.0 Å². The third-order valence-corrected chi connectivity index (χ3v) is 5.11. The van der Waals surface area contributed by atoms with Crippen molar-refractivity contribution in [3.8, 4) is 22.7 Å². The normalized spacial score (nSPS) is 10.7. The van der Waals surface area contributed by atoms with E-state index in [2.05, 4.69) is 12.0 Å². The predicted octanol–water partition coefficient (Wildman–Crippen LogP) is 5.21. The van der Waals surface area contributed by atoms with Crippen LogP contribution < -0.4 is 4.74 Å². The molecule has 7 nitrogen and oxygen atoms in total. The minimum absolute atomic E-state index is 0.0640. The van der Waals surface area contributed by atoms with Crippen molar-refractivity contribution in [3.05, 3.63) is 65.6 Å². The summed E-state index contributed by atoms with van der Waals surface area (Å²) in [6.07, 6.45) is 4.03. The third kappa shape index (κ3) is 5.39. The average molecular weight is 454 g/mol. The summed E-state index contributed by atoms with van der Waals surface area (Å²) in [6, 6.07) is 12.8. The first-order valence-electron chi connectivity index (χ1n) is 10.8. The molecule has 0 fully saturated rings. The number of ether oxygens (including phenoxy) is 3. The molecule has 0 amide bonds. The van der Waals surface area contributed by atoms with Crippen LogP contribution in [0.25, 0.3) is 16.9 Å². The van der Waals surface area contributed by atoms with E-state index < -0.39 is 17.8 Å². The fraction of sp³-hybridized carbons (Fsp3) is 0.320. The Morgan fingerprint density at radius 1 is 0.970 bits per heavy atom. The molecule has 0 atom stereocenters. The zero-order valence-electron chi connectivity index (χ0n) is 19.0. The van der Waals surface area contributed by atoms with E-state index in [-0.39, 0.29) is 22.5 Å². The van der Waals surface area contributed by atoms with Gasteiger partial charge in [0.15, 0.2) is 5.69 Å². The molecule has 0 aliphatic rings. The lowest BCUT2D eigenvalue weighted by Crippen LogP contribution is -2.15. The highest BCUT2D eigenvalue weighted by Crippen LogP contribution is 2.35. The first kappa shape index (κ1) is 24.0. The maximum atomic E-state index is 14.3. The van der Waals surface area contributed by atoms with Gasteiger partial charge in [-0.2, -0.15) is 5.10 Å². The number of hydrogen-bond acceptors (Lipinski definition) is 6. The number of halogens is 1. The molecule has 3 rings (SSSR count). The number of carbonyl (C=O) groups excluding carboxylic acids is 2. The molecule has 8 heteroatoms. The van der Waals surface area contributed by atoms with Crippen LogP contribution in [0.2, 0.25) is 0 Å². The Kier molecular flexibility index (Phi) is 8.18. The number of unbranched alkanes of at least 4 members (excludes halogenated alkanes) is 3. The minimum Gasteiger partial charge on any atom is -0.493 e. The molecule has 0 aliphatic carbocycles. The number of carbonyl (C=O) groups is 2. The Hall–Kier alpha value is -3.68. The standard InChI is InChI=1S/C25H27FN2O5/c1-4-5-6-10-15-33-20-14-13-17(26)16-19(20)22-21(24(29)31-2)23(25(30)32-3)28(27-22)18-11-8-7-9-12-18/h7-9,11-14,16H,4-6,10,15H2,1-3H3. The Bertz CT molecular complexity index is 1110. The van der Waals surface area contributed by atoms with E-state index in [4.69, 9.17) is 14.2 Å². The third-order valence-electron chi connectivity index (χ3n) is 5.11. The predicted molar refractivity (Wildman–Crippen MR) is 121 cm³/mol. The van der Waals surface area contributed by atoms with Gasteiger partial charge >= 0.3 is 11.9 Å². The molecule has 0 saturated heterocycles. The molecule has 33 heavy (non-hydrogen) atoms. The molecule has 3 aromatic rings. The van der Waals surface area contributed by atoms with Gasteiger partial charge in [0.2, 0.25) is 0 Å². The number of hydrogen-bond donors (Lipinski definition) is 0. The second kappa shape index (κ2) is 11.3. The zero-order chi connectivity index (χ0) is 23.8. The summed E-state index contributed by atoms with van der Waals surface area (Å²) >= 11 is 0. The van der Waals surface area contributed by atoms with Crippen LogP contribution in [0.1, 0.15) is 53.5 Å². The molecular formula is C25H27FN2O5. The fourth-order valence-corrected chi connectivity index (χ4v) is 3.47. The fourth-order valence-electron chi connectivity index (χ4n) is 3.47. The molecule has 0 unspecified atom stereocenters. The first-order chi connectivity index (χ1) is 16.0. The summed E-state index contributed by atoms with van der Waals surface area (Å²) in [6.45, 7) is 2.55. The zero-order valence-corrected chi connectivity index (χ0v) is 19.0. The van der Waals surface area contributed by atoms with Crippen molar-refractivity contribution < 1.29 is 28.2 Å². The van der Waals surface area contributed by atoms with Crippen LogP contribution in [0.15, 0.2) is 48.5 Å². The van der Waals surface area contributed by atoms with Crippen LogP contribution in [0.3, 0.4) is 0 Å². The number of esters is 2. The highest BCUT2D eigenvalue weighted by atomic mass is 19.1. The Morgan fingerprint density at radius 2 is 1.70 bits per heavy atom. The van der Waals surface area contributed by atoms with Crippen molar-refractivity contribution in [2.75, 3.05) is 20.8 Å². The van der Waals surface area contributed by atoms with Crippen molar-refractivity contribution in [1.29, 1.82) is 0 Å². The van der Waals surface area contributed by atoms with Gasteiger partial charge in [0.1, 0.15) is 22.8 Å². The summed E-state index contributed by atoms with van der Waals surface area (Å²) in [7, 11) is 2.40. The number of benzene rings is 2. The van der Waals surface area contributed by atoms with Crippen LogP contribution in [-0.2, 0) is 9.47 Å². The number of nitrogens with zero attached hydrogens (tertiary/aromatic N) is 2. The van der Waals surface area contributed by atoms with E-state index in [0.717, 1.165) is 25.7 Å². The van der Waals surface area contributed by atoms with Gasteiger partial charge in [-0.1, -0.05) is 44.4 Å². The molecule has 0 aliphatic heterocycles. The average Bonchev–Trinajstić information content (AvgIpc) is 3.24. The second-order valence-electron chi connectivity index (χ2n) is 7.35. The van der Waals surface area contributed by atoms with Gasteiger partial charge in [-0.05, 0) is 36.8 Å². The molecule has 0 radical (unpaired) electrons. The van der Waals surface area contributed by atoms with Crippen molar-refractivity contribution in [1.82, 2.24) is 9.78 Å². The van der Waals surface area contributed by atoms with Gasteiger partial charge in [0.05, 0.1) is 26.5 Å². The summed E-state index contributed by atoms with van der Waals surface area (Å²) in [5.74, 6) is -1.76. The van der Waals surface area contributed by atoms with E-state index in [1.54, 1.807) is 24.3 Å². The SMILES string of the molecule is CCCCCCOc1ccc(F)cc1-c1nn(-c2ccccc2)c(C(=O)OC)c1C(=O)OC. The van der Waals surface area contributed by atoms with Gasteiger partial charge in [0, 0.05) is 5.56 Å². The van der Waals surface area contributed by atoms with Crippen LogP contribution in [-0.4, -0.2) is 42.5 Å². The van der Waals surface area contributed by atoms with Gasteiger partial charge in [-0.15, -0.1) is 0 Å². The Balaban J connectivity index is 2.18. The monoisotopic (exact) mass is 454 g/mol. The number of methoxy groups -OCH3 is 2. The molecule has 174 valence electrons. The highest BCUT2D eigenvalue weighted by molar-refractivity contribution is 6.07. The Morgan fingerprint density at radius 3 is 2.36 bits per heavy atom. The Labute approximate surface area is 192 Å². The summed E-state index contributed by atoms with van der Waals surface area (Å²) in [5.41, 5.74) is 0.575. The maximum absolute atomic E-state index is 14.3. The van der Waals surface area contributed by atoms with Crippen LogP contribution in [0.5, 0.6) is 5.75 Å². The molecule has 0 bridgehead atoms. The highest BCUT2D eigenvalue weighted by Gasteiger charge is 2.32. The number of rotatable bonds is 10. The lowest BCUT2D eigenvalue weighted by molar-refractivity contribution is 0.0549. The molecule has 2 aromatic carbocycles. The second-order valence-corrected chi connectivity index (χ2v) is 7.35. The van der Waals surface area contributed by atoms with E-state index in [1.165, 1.54) is 37.1 Å². The van der Waals surface area contributed by atoms with Crippen LogP contribution >= 0.6 is 0 Å². The van der Waals surface area contributed by atoms with Crippen molar-refractivity contribution in [2.45, 2.75) is 32.6 Å². The lowest BCUT2D eigenvalue weighted by Gasteiger charge is -2.11. The molecule has 0 saturated carbocycles. The van der Waals surface area contributed by atoms with Crippen molar-refractivity contribution in [3.63, 3.8) is 0 Å². The quantitative estimate of drug-likeness (QED) is 0.309. The molecule has 0 N–H and O–H groups in total. The van der Waals surface area contributed by atoms with Crippen LogP contribution in [0, 0.1) is 5.82 Å². The number of aromatic nitrogens is 2. The minimum atomic E-state index is -0.800. The van der Waals surface area contributed by atoms with Crippen molar-refractivity contribution >= 4 is 11.9 Å². The van der Waals surface area contributed by atoms with Gasteiger partial charge in [-0.25, -0.2) is 18.7 Å². The van der Waals surface area contributed by atoms with Crippen LogP contribution in [0.4, 0.5) is 4.39 Å². The van der Waals surface area contributed by atoms with Gasteiger partial charge in [0.25, 0.3) is 0 Å². The number of para-hydroxylation sites is 1. The smallest absolute Gasteiger partial charge is 0.357 e. The summed E-state index contributed by atoms with van der Waals surface area (Å²) in [5, 5.41) is 4.52. The van der Waals surface area contributed by atoms with E-state index in [9.17, 15) is 14.0 Å². The van der Waals surface area contributed by atoms with Gasteiger partial charge in [-0.3, -0.25) is 0 Å². The van der Waals surface area contributed by atoms with E-state index >= 15 is 0 Å². The molecule has 1 heterocycles. The molecule has 0 spiro atoms. The summed E-state index contributed by atoms with van der Waals surface area (Å²) < 4.78 is 31.4. The van der Waals surface area contributed by atoms with Gasteiger partial charge < -0.3 is 14.2 Å². The molecule has 1 aromatic heterocycles. The topological polar surface area (TPSA) is 79.7 Å². The first-order valence-corrected chi connectivity index (χ1v) is 10.8. The maximum Gasteiger partial charge on any atom is 0.357 e. The largest absolute Gasteiger partial charge is 0.493 e. The molecular weight excluding hydrogens is 427 g/mol. The van der Waals surface area contributed by atoms with Crippen molar-refractivity contribution in [2.24, 2.45) is 0 Å². The summed E-state index contributed by atoms with van der Waals surface area (Å²) in [4.78, 5) is 25.5. The lowest BCUT2D eigenvalue weighted by atomic mass is 10.0. The van der Waals surface area contributed by atoms with E-state index in [1.807, 2.05) is 6.07 Å².